The SMILES string of the molecule is CCCCOC(=O)N1CCCC1c1cc(F)ccc1F. The van der Waals surface area contributed by atoms with Gasteiger partial charge in [-0.15, -0.1) is 0 Å². The van der Waals surface area contributed by atoms with Crippen molar-refractivity contribution in [2.45, 2.75) is 38.6 Å². The molecule has 1 amide bonds. The number of hydrogen-bond acceptors (Lipinski definition) is 2. The minimum absolute atomic E-state index is 0.231. The number of rotatable bonds is 4. The zero-order chi connectivity index (χ0) is 14.5. The van der Waals surface area contributed by atoms with Crippen LogP contribution in [-0.2, 0) is 4.74 Å². The number of benzene rings is 1. The number of carbonyl (C=O) groups excluding carboxylic acids is 1. The summed E-state index contributed by atoms with van der Waals surface area (Å²) < 4.78 is 32.3. The second-order valence-corrected chi connectivity index (χ2v) is 4.99. The van der Waals surface area contributed by atoms with Crippen molar-refractivity contribution in [3.63, 3.8) is 0 Å². The number of hydrogen-bond donors (Lipinski definition) is 0. The van der Waals surface area contributed by atoms with Crippen LogP contribution in [0, 0.1) is 11.6 Å². The molecule has 1 saturated heterocycles. The molecule has 1 aromatic rings. The third kappa shape index (κ3) is 3.26. The van der Waals surface area contributed by atoms with Gasteiger partial charge in [0.2, 0.25) is 0 Å². The molecule has 0 bridgehead atoms. The van der Waals surface area contributed by atoms with Crippen LogP contribution in [0.15, 0.2) is 18.2 Å². The fourth-order valence-electron chi connectivity index (χ4n) is 2.47. The molecule has 1 aliphatic heterocycles. The smallest absolute Gasteiger partial charge is 0.410 e. The summed E-state index contributed by atoms with van der Waals surface area (Å²) in [5.41, 5.74) is 0.231. The molecular weight excluding hydrogens is 264 g/mol. The van der Waals surface area contributed by atoms with Crippen LogP contribution in [0.4, 0.5) is 13.6 Å². The van der Waals surface area contributed by atoms with Crippen molar-refractivity contribution in [3.8, 4) is 0 Å². The van der Waals surface area contributed by atoms with E-state index in [-0.39, 0.29) is 5.56 Å². The number of carbonyl (C=O) groups is 1. The van der Waals surface area contributed by atoms with Crippen molar-refractivity contribution in [1.82, 2.24) is 4.90 Å². The van der Waals surface area contributed by atoms with E-state index in [0.29, 0.717) is 19.6 Å². The zero-order valence-electron chi connectivity index (χ0n) is 11.6. The van der Waals surface area contributed by atoms with Gasteiger partial charge in [-0.1, -0.05) is 13.3 Å². The van der Waals surface area contributed by atoms with Gasteiger partial charge >= 0.3 is 6.09 Å². The van der Waals surface area contributed by atoms with E-state index in [2.05, 4.69) is 0 Å². The highest BCUT2D eigenvalue weighted by Gasteiger charge is 2.32. The average Bonchev–Trinajstić information content (AvgIpc) is 2.91. The molecule has 5 heteroatoms. The lowest BCUT2D eigenvalue weighted by molar-refractivity contribution is 0.0963. The molecule has 110 valence electrons. The van der Waals surface area contributed by atoms with E-state index in [1.165, 1.54) is 4.90 Å². The molecule has 3 nitrogen and oxygen atoms in total. The van der Waals surface area contributed by atoms with E-state index in [0.717, 1.165) is 37.5 Å². The Kier molecular flexibility index (Phi) is 4.93. The molecule has 2 rings (SSSR count). The molecule has 1 aliphatic rings. The van der Waals surface area contributed by atoms with Gasteiger partial charge in [0.15, 0.2) is 0 Å². The van der Waals surface area contributed by atoms with Gasteiger partial charge in [-0.3, -0.25) is 0 Å². The Hall–Kier alpha value is -1.65. The van der Waals surface area contributed by atoms with E-state index in [1.54, 1.807) is 0 Å². The highest BCUT2D eigenvalue weighted by atomic mass is 19.1. The van der Waals surface area contributed by atoms with Crippen molar-refractivity contribution in [1.29, 1.82) is 0 Å². The summed E-state index contributed by atoms with van der Waals surface area (Å²) in [6.07, 6.45) is 2.70. The summed E-state index contributed by atoms with van der Waals surface area (Å²) >= 11 is 0. The molecule has 0 N–H and O–H groups in total. The third-order valence-electron chi connectivity index (χ3n) is 3.53. The van der Waals surface area contributed by atoms with Gasteiger partial charge in [0.1, 0.15) is 11.6 Å². The number of amides is 1. The standard InChI is InChI=1S/C15H19F2NO2/c1-2-3-9-20-15(19)18-8-4-5-14(18)12-10-11(16)6-7-13(12)17/h6-7,10,14H,2-5,8-9H2,1H3. The minimum atomic E-state index is -0.493. The maximum absolute atomic E-state index is 13.8. The van der Waals surface area contributed by atoms with Gasteiger partial charge in [0.05, 0.1) is 12.6 Å². The molecule has 20 heavy (non-hydrogen) atoms. The Bertz CT molecular complexity index is 479. The van der Waals surface area contributed by atoms with Gasteiger partial charge in [-0.2, -0.15) is 0 Å². The van der Waals surface area contributed by atoms with Gasteiger partial charge < -0.3 is 9.64 Å². The number of unbranched alkanes of at least 4 members (excludes halogenated alkanes) is 1. The predicted octanol–water partition coefficient (Wildman–Crippen LogP) is 4.04. The second kappa shape index (κ2) is 6.68. The van der Waals surface area contributed by atoms with Crippen LogP contribution in [0.25, 0.3) is 0 Å². The topological polar surface area (TPSA) is 29.5 Å². The monoisotopic (exact) mass is 283 g/mol. The molecule has 1 unspecified atom stereocenters. The van der Waals surface area contributed by atoms with Crippen molar-refractivity contribution in [2.75, 3.05) is 13.2 Å². The Labute approximate surface area is 117 Å². The largest absolute Gasteiger partial charge is 0.449 e. The van der Waals surface area contributed by atoms with Crippen LogP contribution in [-0.4, -0.2) is 24.1 Å². The second-order valence-electron chi connectivity index (χ2n) is 4.99. The van der Waals surface area contributed by atoms with E-state index in [1.807, 2.05) is 6.92 Å². The third-order valence-corrected chi connectivity index (χ3v) is 3.53. The highest BCUT2D eigenvalue weighted by molar-refractivity contribution is 5.68. The van der Waals surface area contributed by atoms with E-state index < -0.39 is 23.8 Å². The summed E-state index contributed by atoms with van der Waals surface area (Å²) in [7, 11) is 0. The van der Waals surface area contributed by atoms with Crippen molar-refractivity contribution < 1.29 is 18.3 Å². The average molecular weight is 283 g/mol. The predicted molar refractivity (Wildman–Crippen MR) is 71.3 cm³/mol. The highest BCUT2D eigenvalue weighted by Crippen LogP contribution is 2.34. The van der Waals surface area contributed by atoms with Crippen LogP contribution < -0.4 is 0 Å². The lowest BCUT2D eigenvalue weighted by Crippen LogP contribution is -2.31. The molecule has 0 radical (unpaired) electrons. The number of likely N-dealkylation sites (tertiary alicyclic amines) is 1. The van der Waals surface area contributed by atoms with Crippen molar-refractivity contribution >= 4 is 6.09 Å². The molecule has 0 aromatic heterocycles. The summed E-state index contributed by atoms with van der Waals surface area (Å²) in [5, 5.41) is 0. The molecule has 1 aromatic carbocycles. The van der Waals surface area contributed by atoms with Crippen molar-refractivity contribution in [2.24, 2.45) is 0 Å². The first-order valence-electron chi connectivity index (χ1n) is 7.01. The molecule has 0 spiro atoms. The first-order valence-corrected chi connectivity index (χ1v) is 7.01. The van der Waals surface area contributed by atoms with Gasteiger partial charge in [0.25, 0.3) is 0 Å². The number of halogens is 2. The normalized spacial score (nSPS) is 18.4. The lowest BCUT2D eigenvalue weighted by atomic mass is 10.0. The summed E-state index contributed by atoms with van der Waals surface area (Å²) in [4.78, 5) is 13.5. The molecule has 0 aliphatic carbocycles. The van der Waals surface area contributed by atoms with Crippen molar-refractivity contribution in [3.05, 3.63) is 35.4 Å². The lowest BCUT2D eigenvalue weighted by Gasteiger charge is -2.24. The molecular formula is C15H19F2NO2. The first-order chi connectivity index (χ1) is 9.63. The summed E-state index contributed by atoms with van der Waals surface area (Å²) in [5.74, 6) is -0.975. The fraction of sp³-hybridized carbons (Fsp3) is 0.533. The van der Waals surface area contributed by atoms with Crippen LogP contribution in [0.3, 0.4) is 0 Å². The molecule has 1 fully saturated rings. The quantitative estimate of drug-likeness (QED) is 0.780. The van der Waals surface area contributed by atoms with Gasteiger partial charge in [-0.25, -0.2) is 13.6 Å². The van der Waals surface area contributed by atoms with Crippen LogP contribution in [0.2, 0.25) is 0 Å². The zero-order valence-corrected chi connectivity index (χ0v) is 11.6. The fourth-order valence-corrected chi connectivity index (χ4v) is 2.47. The van der Waals surface area contributed by atoms with Crippen LogP contribution in [0.1, 0.15) is 44.2 Å². The first kappa shape index (κ1) is 14.8. The van der Waals surface area contributed by atoms with Gasteiger partial charge in [-0.05, 0) is 37.5 Å². The number of nitrogens with zero attached hydrogens (tertiary/aromatic N) is 1. The van der Waals surface area contributed by atoms with E-state index in [9.17, 15) is 13.6 Å². The Morgan fingerprint density at radius 3 is 3.00 bits per heavy atom. The van der Waals surface area contributed by atoms with Crippen LogP contribution >= 0.6 is 0 Å². The summed E-state index contributed by atoms with van der Waals surface area (Å²) in [6.45, 7) is 2.89. The Morgan fingerprint density at radius 1 is 1.45 bits per heavy atom. The van der Waals surface area contributed by atoms with Gasteiger partial charge in [0, 0.05) is 12.1 Å². The Balaban J connectivity index is 2.10. The van der Waals surface area contributed by atoms with E-state index >= 15 is 0 Å². The van der Waals surface area contributed by atoms with E-state index in [4.69, 9.17) is 4.74 Å². The Morgan fingerprint density at radius 2 is 2.25 bits per heavy atom. The maximum Gasteiger partial charge on any atom is 0.410 e. The molecule has 0 saturated carbocycles. The molecule has 1 atom stereocenters. The molecule has 1 heterocycles. The minimum Gasteiger partial charge on any atom is -0.449 e. The van der Waals surface area contributed by atoms with Crippen LogP contribution in [0.5, 0.6) is 0 Å². The number of ether oxygens (including phenoxy) is 1. The summed E-state index contributed by atoms with van der Waals surface area (Å²) in [6, 6.07) is 2.92. The maximum atomic E-state index is 13.8.